The maximum absolute atomic E-state index is 12.0. The zero-order valence-corrected chi connectivity index (χ0v) is 12.0. The summed E-state index contributed by atoms with van der Waals surface area (Å²) in [5.41, 5.74) is 3.28. The molecule has 0 bridgehead atoms. The number of halogens is 1. The van der Waals surface area contributed by atoms with E-state index in [-0.39, 0.29) is 5.78 Å². The van der Waals surface area contributed by atoms with Crippen molar-refractivity contribution in [3.05, 3.63) is 56.2 Å². The summed E-state index contributed by atoms with van der Waals surface area (Å²) >= 11 is 4.95. The molecule has 3 heteroatoms. The van der Waals surface area contributed by atoms with Crippen LogP contribution in [-0.4, -0.2) is 5.78 Å². The molecule has 2 aromatic rings. The molecule has 0 aliphatic rings. The van der Waals surface area contributed by atoms with Gasteiger partial charge in [-0.15, -0.1) is 0 Å². The van der Waals surface area contributed by atoms with Crippen molar-refractivity contribution in [2.24, 2.45) is 0 Å². The fourth-order valence-electron chi connectivity index (χ4n) is 1.74. The van der Waals surface area contributed by atoms with Gasteiger partial charge in [0, 0.05) is 27.2 Å². The van der Waals surface area contributed by atoms with Crippen LogP contribution in [0.15, 0.2) is 39.5 Å². The Morgan fingerprint density at radius 3 is 2.82 bits per heavy atom. The summed E-state index contributed by atoms with van der Waals surface area (Å²) in [7, 11) is 0. The van der Waals surface area contributed by atoms with Gasteiger partial charge in [-0.1, -0.05) is 29.8 Å². The van der Waals surface area contributed by atoms with Crippen molar-refractivity contribution in [2.45, 2.75) is 19.8 Å². The Hall–Kier alpha value is -0.930. The molecule has 1 aromatic heterocycles. The first kappa shape index (κ1) is 12.5. The van der Waals surface area contributed by atoms with E-state index in [1.165, 1.54) is 11.1 Å². The standard InChI is InChI=1S/C14H13BrOS/c1-10-3-2-4-11(7-10)5-6-14(16)12-8-17-9-13(12)15/h2-4,7-9H,5-6H2,1H3. The maximum Gasteiger partial charge on any atom is 0.165 e. The summed E-state index contributed by atoms with van der Waals surface area (Å²) in [5.74, 6) is 0.208. The molecule has 0 N–H and O–H groups in total. The predicted molar refractivity (Wildman–Crippen MR) is 75.8 cm³/mol. The highest BCUT2D eigenvalue weighted by molar-refractivity contribution is 9.10. The molecule has 0 saturated carbocycles. The fraction of sp³-hybridized carbons (Fsp3) is 0.214. The van der Waals surface area contributed by atoms with Gasteiger partial charge >= 0.3 is 0 Å². The molecule has 1 nitrogen and oxygen atoms in total. The molecule has 0 radical (unpaired) electrons. The number of thiophene rings is 1. The van der Waals surface area contributed by atoms with E-state index in [0.717, 1.165) is 16.5 Å². The molecule has 88 valence electrons. The van der Waals surface area contributed by atoms with Crippen molar-refractivity contribution in [3.63, 3.8) is 0 Å². The Morgan fingerprint density at radius 1 is 1.35 bits per heavy atom. The molecule has 1 heterocycles. The minimum atomic E-state index is 0.208. The van der Waals surface area contributed by atoms with Crippen LogP contribution in [-0.2, 0) is 6.42 Å². The Bertz CT molecular complexity index is 531. The van der Waals surface area contributed by atoms with Crippen LogP contribution in [0.25, 0.3) is 0 Å². The van der Waals surface area contributed by atoms with Gasteiger partial charge in [-0.2, -0.15) is 11.3 Å². The molecule has 2 rings (SSSR count). The highest BCUT2D eigenvalue weighted by Gasteiger charge is 2.10. The minimum absolute atomic E-state index is 0.208. The van der Waals surface area contributed by atoms with Gasteiger partial charge < -0.3 is 0 Å². The van der Waals surface area contributed by atoms with E-state index in [2.05, 4.69) is 41.1 Å². The largest absolute Gasteiger partial charge is 0.294 e. The third-order valence-electron chi connectivity index (χ3n) is 2.64. The third-order valence-corrected chi connectivity index (χ3v) is 4.34. The zero-order chi connectivity index (χ0) is 12.3. The molecule has 0 saturated heterocycles. The second kappa shape index (κ2) is 5.61. The van der Waals surface area contributed by atoms with Gasteiger partial charge in [-0.05, 0) is 34.8 Å². The highest BCUT2D eigenvalue weighted by Crippen LogP contribution is 2.23. The van der Waals surface area contributed by atoms with Crippen molar-refractivity contribution in [1.82, 2.24) is 0 Å². The number of rotatable bonds is 4. The van der Waals surface area contributed by atoms with Gasteiger partial charge in [0.1, 0.15) is 0 Å². The summed E-state index contributed by atoms with van der Waals surface area (Å²) < 4.78 is 0.914. The lowest BCUT2D eigenvalue weighted by molar-refractivity contribution is 0.0982. The van der Waals surface area contributed by atoms with Crippen LogP contribution in [0.5, 0.6) is 0 Å². The molecule has 0 amide bonds. The van der Waals surface area contributed by atoms with Crippen molar-refractivity contribution < 1.29 is 4.79 Å². The molecule has 0 fully saturated rings. The van der Waals surface area contributed by atoms with E-state index in [9.17, 15) is 4.79 Å². The van der Waals surface area contributed by atoms with Gasteiger partial charge in [0.15, 0.2) is 5.78 Å². The third kappa shape index (κ3) is 3.27. The average molecular weight is 309 g/mol. The van der Waals surface area contributed by atoms with Crippen molar-refractivity contribution in [2.75, 3.05) is 0 Å². The Balaban J connectivity index is 1.99. The zero-order valence-electron chi connectivity index (χ0n) is 9.57. The first-order chi connectivity index (χ1) is 8.16. The number of aryl methyl sites for hydroxylation is 2. The van der Waals surface area contributed by atoms with Gasteiger partial charge in [0.05, 0.1) is 0 Å². The second-order valence-corrected chi connectivity index (χ2v) is 5.64. The minimum Gasteiger partial charge on any atom is -0.294 e. The molecule has 0 atom stereocenters. The van der Waals surface area contributed by atoms with Crippen molar-refractivity contribution in [1.29, 1.82) is 0 Å². The van der Waals surface area contributed by atoms with E-state index >= 15 is 0 Å². The number of hydrogen-bond acceptors (Lipinski definition) is 2. The van der Waals surface area contributed by atoms with Crippen LogP contribution >= 0.6 is 27.3 Å². The summed E-state index contributed by atoms with van der Waals surface area (Å²) in [6, 6.07) is 8.31. The summed E-state index contributed by atoms with van der Waals surface area (Å²) in [5, 5.41) is 3.85. The van der Waals surface area contributed by atoms with Crippen LogP contribution in [0, 0.1) is 6.92 Å². The number of benzene rings is 1. The molecule has 0 aliphatic heterocycles. The number of carbonyl (C=O) groups is 1. The number of hydrogen-bond donors (Lipinski definition) is 0. The van der Waals surface area contributed by atoms with Gasteiger partial charge in [-0.3, -0.25) is 4.79 Å². The molecule has 17 heavy (non-hydrogen) atoms. The van der Waals surface area contributed by atoms with Crippen LogP contribution in [0.4, 0.5) is 0 Å². The van der Waals surface area contributed by atoms with E-state index in [4.69, 9.17) is 0 Å². The lowest BCUT2D eigenvalue weighted by Crippen LogP contribution is -2.00. The summed E-state index contributed by atoms with van der Waals surface area (Å²) in [4.78, 5) is 12.0. The quantitative estimate of drug-likeness (QED) is 0.752. The Morgan fingerprint density at radius 2 is 2.18 bits per heavy atom. The lowest BCUT2D eigenvalue weighted by Gasteiger charge is -2.02. The topological polar surface area (TPSA) is 17.1 Å². The Kier molecular flexibility index (Phi) is 4.13. The number of carbonyl (C=O) groups excluding carboxylic acids is 1. The number of ketones is 1. The van der Waals surface area contributed by atoms with E-state index in [1.807, 2.05) is 16.8 Å². The van der Waals surface area contributed by atoms with Crippen LogP contribution in [0.2, 0.25) is 0 Å². The molecular weight excluding hydrogens is 296 g/mol. The monoisotopic (exact) mass is 308 g/mol. The van der Waals surface area contributed by atoms with Gasteiger partial charge in [-0.25, -0.2) is 0 Å². The molecule has 1 aromatic carbocycles. The molecular formula is C14H13BrOS. The van der Waals surface area contributed by atoms with Gasteiger partial charge in [0.2, 0.25) is 0 Å². The summed E-state index contributed by atoms with van der Waals surface area (Å²) in [6.07, 6.45) is 1.38. The average Bonchev–Trinajstić information content (AvgIpc) is 2.72. The normalized spacial score (nSPS) is 10.5. The first-order valence-electron chi connectivity index (χ1n) is 5.47. The number of Topliss-reactive ketones (excluding diaryl/α,β-unsaturated/α-hetero) is 1. The van der Waals surface area contributed by atoms with E-state index < -0.39 is 0 Å². The second-order valence-electron chi connectivity index (χ2n) is 4.05. The van der Waals surface area contributed by atoms with Crippen LogP contribution in [0.1, 0.15) is 27.9 Å². The lowest BCUT2D eigenvalue weighted by atomic mass is 10.0. The molecule has 0 spiro atoms. The molecule has 0 aliphatic carbocycles. The first-order valence-corrected chi connectivity index (χ1v) is 7.21. The van der Waals surface area contributed by atoms with E-state index in [1.54, 1.807) is 11.3 Å². The van der Waals surface area contributed by atoms with Gasteiger partial charge in [0.25, 0.3) is 0 Å². The maximum atomic E-state index is 12.0. The van der Waals surface area contributed by atoms with Crippen LogP contribution in [0.3, 0.4) is 0 Å². The smallest absolute Gasteiger partial charge is 0.165 e. The molecule has 0 unspecified atom stereocenters. The van der Waals surface area contributed by atoms with Crippen LogP contribution < -0.4 is 0 Å². The van der Waals surface area contributed by atoms with Crippen molar-refractivity contribution in [3.8, 4) is 0 Å². The summed E-state index contributed by atoms with van der Waals surface area (Å²) in [6.45, 7) is 2.07. The van der Waals surface area contributed by atoms with E-state index in [0.29, 0.717) is 6.42 Å². The highest BCUT2D eigenvalue weighted by atomic mass is 79.9. The predicted octanol–water partition coefficient (Wildman–Crippen LogP) is 4.63. The fourth-order valence-corrected chi connectivity index (χ4v) is 3.26. The SMILES string of the molecule is Cc1cccc(CCC(=O)c2cscc2Br)c1. The Labute approximate surface area is 114 Å². The van der Waals surface area contributed by atoms with Crippen molar-refractivity contribution >= 4 is 33.0 Å².